The lowest BCUT2D eigenvalue weighted by atomic mass is 9.88. The van der Waals surface area contributed by atoms with Crippen molar-refractivity contribution in [3.63, 3.8) is 0 Å². The average Bonchev–Trinajstić information content (AvgIpc) is 3.44. The zero-order valence-corrected chi connectivity index (χ0v) is 19.8. The van der Waals surface area contributed by atoms with Gasteiger partial charge in [0.1, 0.15) is 11.8 Å². The van der Waals surface area contributed by atoms with Crippen LogP contribution in [0.3, 0.4) is 0 Å². The van der Waals surface area contributed by atoms with Gasteiger partial charge in [-0.1, -0.05) is 18.2 Å². The predicted molar refractivity (Wildman–Crippen MR) is 128 cm³/mol. The Labute approximate surface area is 211 Å². The highest BCUT2D eigenvalue weighted by Crippen LogP contribution is 2.29. The van der Waals surface area contributed by atoms with E-state index in [1.54, 1.807) is 47.4 Å². The molecule has 0 saturated carbocycles. The number of hydrogen-bond donors (Lipinski definition) is 2. The van der Waals surface area contributed by atoms with Crippen molar-refractivity contribution in [1.82, 2.24) is 15.5 Å². The summed E-state index contributed by atoms with van der Waals surface area (Å²) in [5, 5.41) is 5.63. The van der Waals surface area contributed by atoms with Crippen LogP contribution in [0.5, 0.6) is 0 Å². The minimum Gasteiger partial charge on any atom is -0.467 e. The van der Waals surface area contributed by atoms with E-state index in [-0.39, 0.29) is 35.7 Å². The van der Waals surface area contributed by atoms with Crippen molar-refractivity contribution in [1.29, 1.82) is 0 Å². The minimum atomic E-state index is -4.48. The number of nitrogens with one attached hydrogen (secondary N) is 2. The molecule has 2 heterocycles. The van der Waals surface area contributed by atoms with Crippen molar-refractivity contribution in [2.24, 2.45) is 5.92 Å². The van der Waals surface area contributed by atoms with Gasteiger partial charge in [-0.3, -0.25) is 14.4 Å². The van der Waals surface area contributed by atoms with Gasteiger partial charge in [-0.15, -0.1) is 0 Å². The van der Waals surface area contributed by atoms with Crippen molar-refractivity contribution in [2.45, 2.75) is 31.6 Å². The lowest BCUT2D eigenvalue weighted by Gasteiger charge is -2.36. The van der Waals surface area contributed by atoms with Gasteiger partial charge in [0.05, 0.1) is 18.4 Å². The Hall–Kier alpha value is -4.08. The van der Waals surface area contributed by atoms with E-state index >= 15 is 0 Å². The number of likely N-dealkylation sites (tertiary alicyclic amines) is 1. The SMILES string of the molecule is O=C(N[C@@H](C(=O)NCc1ccco1)C1CCN(C(=O)c2ccc(C(F)(F)F)cc2)CC1)c1ccccc1. The zero-order valence-electron chi connectivity index (χ0n) is 19.8. The number of benzene rings is 2. The average molecular weight is 514 g/mol. The van der Waals surface area contributed by atoms with Crippen molar-refractivity contribution in [3.8, 4) is 0 Å². The molecule has 2 N–H and O–H groups in total. The van der Waals surface area contributed by atoms with Gasteiger partial charge in [0.15, 0.2) is 0 Å². The number of carbonyl (C=O) groups excluding carboxylic acids is 3. The van der Waals surface area contributed by atoms with E-state index in [1.165, 1.54) is 18.4 Å². The van der Waals surface area contributed by atoms with E-state index in [1.807, 2.05) is 0 Å². The number of piperidine rings is 1. The number of alkyl halides is 3. The molecule has 0 unspecified atom stereocenters. The summed E-state index contributed by atoms with van der Waals surface area (Å²) in [7, 11) is 0. The van der Waals surface area contributed by atoms with Crippen LogP contribution >= 0.6 is 0 Å². The highest BCUT2D eigenvalue weighted by atomic mass is 19.4. The maximum atomic E-state index is 13.1. The quantitative estimate of drug-likeness (QED) is 0.494. The molecule has 194 valence electrons. The second kappa shape index (κ2) is 11.3. The molecule has 1 aliphatic rings. The highest BCUT2D eigenvalue weighted by Gasteiger charge is 2.35. The predicted octanol–water partition coefficient (Wildman–Crippen LogP) is 4.27. The molecule has 0 spiro atoms. The molecule has 2 aromatic carbocycles. The van der Waals surface area contributed by atoms with Crippen LogP contribution in [0.2, 0.25) is 0 Å². The fraction of sp³-hybridized carbons (Fsp3) is 0.296. The number of rotatable bonds is 7. The zero-order chi connectivity index (χ0) is 26.4. The molecule has 37 heavy (non-hydrogen) atoms. The third-order valence-electron chi connectivity index (χ3n) is 6.38. The maximum absolute atomic E-state index is 13.1. The van der Waals surface area contributed by atoms with Crippen LogP contribution in [0, 0.1) is 5.92 Å². The molecule has 1 aliphatic heterocycles. The maximum Gasteiger partial charge on any atom is 0.416 e. The molecule has 1 saturated heterocycles. The van der Waals surface area contributed by atoms with Gasteiger partial charge in [0.25, 0.3) is 11.8 Å². The van der Waals surface area contributed by atoms with Crippen LogP contribution in [0.15, 0.2) is 77.4 Å². The fourth-order valence-corrected chi connectivity index (χ4v) is 4.33. The van der Waals surface area contributed by atoms with Crippen LogP contribution in [0.1, 0.15) is 44.9 Å². The Bertz CT molecular complexity index is 1200. The van der Waals surface area contributed by atoms with Crippen molar-refractivity contribution in [3.05, 3.63) is 95.4 Å². The van der Waals surface area contributed by atoms with E-state index in [0.29, 0.717) is 37.3 Å². The van der Waals surface area contributed by atoms with Crippen molar-refractivity contribution >= 4 is 17.7 Å². The minimum absolute atomic E-state index is 0.162. The number of halogens is 3. The lowest BCUT2D eigenvalue weighted by molar-refractivity contribution is -0.137. The summed E-state index contributed by atoms with van der Waals surface area (Å²) >= 11 is 0. The van der Waals surface area contributed by atoms with E-state index < -0.39 is 17.8 Å². The Balaban J connectivity index is 1.41. The number of hydrogen-bond acceptors (Lipinski definition) is 4. The third kappa shape index (κ3) is 6.58. The number of amides is 3. The van der Waals surface area contributed by atoms with E-state index in [4.69, 9.17) is 4.42 Å². The monoisotopic (exact) mass is 513 g/mol. The molecule has 3 aromatic rings. The molecule has 7 nitrogen and oxygen atoms in total. The van der Waals surface area contributed by atoms with Crippen LogP contribution in [0.25, 0.3) is 0 Å². The molecule has 3 amide bonds. The van der Waals surface area contributed by atoms with E-state index in [0.717, 1.165) is 12.1 Å². The topological polar surface area (TPSA) is 91.7 Å². The molecule has 1 atom stereocenters. The molecular formula is C27H26F3N3O4. The molecule has 10 heteroatoms. The van der Waals surface area contributed by atoms with Crippen molar-refractivity contribution in [2.75, 3.05) is 13.1 Å². The summed E-state index contributed by atoms with van der Waals surface area (Å²) in [6.07, 6.45) is -2.11. The second-order valence-corrected chi connectivity index (χ2v) is 8.82. The van der Waals surface area contributed by atoms with Gasteiger partial charge in [-0.25, -0.2) is 0 Å². The Morgan fingerprint density at radius 3 is 2.19 bits per heavy atom. The molecule has 0 bridgehead atoms. The van der Waals surface area contributed by atoms with E-state index in [2.05, 4.69) is 10.6 Å². The van der Waals surface area contributed by atoms with Gasteiger partial charge in [0, 0.05) is 24.2 Å². The van der Waals surface area contributed by atoms with Gasteiger partial charge in [0.2, 0.25) is 5.91 Å². The molecular weight excluding hydrogens is 487 g/mol. The second-order valence-electron chi connectivity index (χ2n) is 8.82. The third-order valence-corrected chi connectivity index (χ3v) is 6.38. The summed E-state index contributed by atoms with van der Waals surface area (Å²) in [5.74, 6) is -0.811. The van der Waals surface area contributed by atoms with Gasteiger partial charge in [-0.05, 0) is 67.3 Å². The summed E-state index contributed by atoms with van der Waals surface area (Å²) in [4.78, 5) is 40.4. The number of nitrogens with zero attached hydrogens (tertiary/aromatic N) is 1. The molecule has 1 fully saturated rings. The van der Waals surface area contributed by atoms with Gasteiger partial charge < -0.3 is 20.0 Å². The fourth-order valence-electron chi connectivity index (χ4n) is 4.33. The summed E-state index contributed by atoms with van der Waals surface area (Å²) < 4.78 is 43.7. The van der Waals surface area contributed by atoms with Crippen LogP contribution in [-0.4, -0.2) is 41.8 Å². The first-order valence-electron chi connectivity index (χ1n) is 11.8. The first kappa shape index (κ1) is 26.0. The molecule has 4 rings (SSSR count). The number of carbonyl (C=O) groups is 3. The van der Waals surface area contributed by atoms with Crippen LogP contribution in [0.4, 0.5) is 13.2 Å². The van der Waals surface area contributed by atoms with Gasteiger partial charge in [-0.2, -0.15) is 13.2 Å². The lowest BCUT2D eigenvalue weighted by Crippen LogP contribution is -2.53. The molecule has 0 radical (unpaired) electrons. The normalized spacial score (nSPS) is 15.2. The Morgan fingerprint density at radius 2 is 1.59 bits per heavy atom. The highest BCUT2D eigenvalue weighted by molar-refractivity contribution is 5.97. The first-order valence-corrected chi connectivity index (χ1v) is 11.8. The number of furan rings is 1. The van der Waals surface area contributed by atoms with Crippen molar-refractivity contribution < 1.29 is 32.0 Å². The Morgan fingerprint density at radius 1 is 0.919 bits per heavy atom. The Kier molecular flexibility index (Phi) is 7.95. The summed E-state index contributed by atoms with van der Waals surface area (Å²) in [5.41, 5.74) is -0.238. The summed E-state index contributed by atoms with van der Waals surface area (Å²) in [6.45, 7) is 0.760. The van der Waals surface area contributed by atoms with Gasteiger partial charge >= 0.3 is 6.18 Å². The molecule has 0 aliphatic carbocycles. The van der Waals surface area contributed by atoms with Crippen LogP contribution in [-0.2, 0) is 17.5 Å². The van der Waals surface area contributed by atoms with E-state index in [9.17, 15) is 27.6 Å². The molecule has 1 aromatic heterocycles. The standard InChI is InChI=1S/C27H26F3N3O4/c28-27(29,30)21-10-8-20(9-11-21)26(36)33-14-12-18(13-15-33)23(25(35)31-17-22-7-4-16-37-22)32-24(34)19-5-2-1-3-6-19/h1-11,16,18,23H,12-15,17H2,(H,31,35)(H,32,34)/t23-/m1/s1. The van der Waals surface area contributed by atoms with Crippen LogP contribution < -0.4 is 10.6 Å². The smallest absolute Gasteiger partial charge is 0.416 e. The largest absolute Gasteiger partial charge is 0.467 e. The first-order chi connectivity index (χ1) is 17.7. The summed E-state index contributed by atoms with van der Waals surface area (Å²) in [6, 6.07) is 15.2.